The number of hydrogen-bond acceptors (Lipinski definition) is 4. The monoisotopic (exact) mass is 224 g/mol. The molecular weight excluding hydrogens is 216 g/mol. The van der Waals surface area contributed by atoms with Gasteiger partial charge in [-0.15, -0.1) is 0 Å². The van der Waals surface area contributed by atoms with Crippen molar-refractivity contribution in [2.45, 2.75) is 0 Å². The van der Waals surface area contributed by atoms with Crippen molar-refractivity contribution < 1.29 is 0 Å². The van der Waals surface area contributed by atoms with E-state index in [0.717, 1.165) is 10.2 Å². The first-order valence-electron chi connectivity index (χ1n) is 3.88. The van der Waals surface area contributed by atoms with Crippen molar-refractivity contribution in [3.05, 3.63) is 24.3 Å². The number of nitrogens with two attached hydrogens (primary N) is 2. The number of thiocarbonyl (C=S) groups is 1. The van der Waals surface area contributed by atoms with Gasteiger partial charge in [0, 0.05) is 0 Å². The Morgan fingerprint density at radius 2 is 2.14 bits per heavy atom. The van der Waals surface area contributed by atoms with E-state index in [4.69, 9.17) is 23.8 Å². The number of hydrazine groups is 1. The Kier molecular flexibility index (Phi) is 2.32. The lowest BCUT2D eigenvalue weighted by atomic mass is 10.3. The van der Waals surface area contributed by atoms with Gasteiger partial charge < -0.3 is 5.73 Å². The molecule has 4 N–H and O–H groups in total. The molecule has 1 aromatic carbocycles. The molecule has 0 aliphatic heterocycles. The van der Waals surface area contributed by atoms with E-state index in [9.17, 15) is 0 Å². The molecule has 2 aromatic rings. The molecule has 2 rings (SSSR count). The Morgan fingerprint density at radius 1 is 1.43 bits per heavy atom. The molecule has 0 saturated heterocycles. The van der Waals surface area contributed by atoms with Crippen LogP contribution >= 0.6 is 23.6 Å². The molecule has 1 heterocycles. The minimum atomic E-state index is 0.115. The Balaban J connectivity index is 2.50. The molecular formula is C8H8N4S2. The predicted octanol–water partition coefficient (Wildman–Crippen LogP) is 1.22. The quantitative estimate of drug-likeness (QED) is 0.433. The summed E-state index contributed by atoms with van der Waals surface area (Å²) in [5, 5.41) is 1.93. The Bertz CT molecular complexity index is 446. The third kappa shape index (κ3) is 1.54. The van der Waals surface area contributed by atoms with Crippen molar-refractivity contribution in [1.29, 1.82) is 0 Å². The molecule has 0 spiro atoms. The summed E-state index contributed by atoms with van der Waals surface area (Å²) in [6.45, 7) is 0. The molecule has 0 atom stereocenters. The van der Waals surface area contributed by atoms with E-state index in [0.29, 0.717) is 5.13 Å². The molecule has 0 fully saturated rings. The van der Waals surface area contributed by atoms with Crippen LogP contribution in [0.3, 0.4) is 0 Å². The summed E-state index contributed by atoms with van der Waals surface area (Å²) in [5.74, 6) is 5.62. The lowest BCUT2D eigenvalue weighted by Gasteiger charge is -2.10. The number of benzene rings is 1. The van der Waals surface area contributed by atoms with E-state index < -0.39 is 0 Å². The van der Waals surface area contributed by atoms with Gasteiger partial charge in [0.1, 0.15) is 0 Å². The zero-order chi connectivity index (χ0) is 10.1. The minimum absolute atomic E-state index is 0.115. The highest BCUT2D eigenvalue weighted by Crippen LogP contribution is 2.26. The number of rotatable bonds is 1. The van der Waals surface area contributed by atoms with Crippen LogP contribution < -0.4 is 16.6 Å². The van der Waals surface area contributed by atoms with Crippen LogP contribution in [-0.2, 0) is 0 Å². The van der Waals surface area contributed by atoms with Crippen molar-refractivity contribution in [2.24, 2.45) is 11.6 Å². The normalized spacial score (nSPS) is 10.4. The van der Waals surface area contributed by atoms with Gasteiger partial charge in [-0.25, -0.2) is 15.8 Å². The molecule has 0 saturated carbocycles. The summed E-state index contributed by atoms with van der Waals surface area (Å²) in [6, 6.07) is 7.77. The van der Waals surface area contributed by atoms with Crippen LogP contribution in [0.2, 0.25) is 0 Å². The van der Waals surface area contributed by atoms with E-state index in [1.165, 1.54) is 16.3 Å². The van der Waals surface area contributed by atoms with E-state index in [-0.39, 0.29) is 5.11 Å². The standard InChI is InChI=1S/C8H8N4S2/c9-7(13)12(10)8-11-5-3-1-2-4-6(5)14-8/h1-4H,10H2,(H2,9,13). The average molecular weight is 224 g/mol. The zero-order valence-electron chi connectivity index (χ0n) is 7.18. The Morgan fingerprint density at radius 3 is 2.79 bits per heavy atom. The smallest absolute Gasteiger partial charge is 0.207 e. The fourth-order valence-corrected chi connectivity index (χ4v) is 2.10. The van der Waals surface area contributed by atoms with Crippen LogP contribution in [0, 0.1) is 0 Å². The lowest BCUT2D eigenvalue weighted by Crippen LogP contribution is -2.41. The minimum Gasteiger partial charge on any atom is -0.375 e. The number of nitrogens with zero attached hydrogens (tertiary/aromatic N) is 2. The number of thiazole rings is 1. The largest absolute Gasteiger partial charge is 0.375 e. The number of hydrogen-bond donors (Lipinski definition) is 2. The molecule has 4 nitrogen and oxygen atoms in total. The van der Waals surface area contributed by atoms with Crippen molar-refractivity contribution in [3.8, 4) is 0 Å². The van der Waals surface area contributed by atoms with Crippen molar-refractivity contribution in [1.82, 2.24) is 4.98 Å². The van der Waals surface area contributed by atoms with Gasteiger partial charge in [-0.1, -0.05) is 23.5 Å². The van der Waals surface area contributed by atoms with Crippen molar-refractivity contribution >= 4 is 44.0 Å². The maximum atomic E-state index is 5.62. The number of para-hydroxylation sites is 1. The SMILES string of the molecule is NC(=S)N(N)c1nc2ccccc2s1. The summed E-state index contributed by atoms with van der Waals surface area (Å²) in [6.07, 6.45) is 0. The topological polar surface area (TPSA) is 68.2 Å². The van der Waals surface area contributed by atoms with Gasteiger partial charge in [-0.3, -0.25) is 0 Å². The first-order chi connectivity index (χ1) is 6.68. The third-order valence-corrected chi connectivity index (χ3v) is 2.96. The molecule has 0 amide bonds. The van der Waals surface area contributed by atoms with Crippen LogP contribution in [0.1, 0.15) is 0 Å². The molecule has 0 bridgehead atoms. The summed E-state index contributed by atoms with van der Waals surface area (Å²) >= 11 is 6.21. The Labute approximate surface area is 90.1 Å². The van der Waals surface area contributed by atoms with Crippen LogP contribution in [0.5, 0.6) is 0 Å². The second-order valence-corrected chi connectivity index (χ2v) is 4.10. The second-order valence-electron chi connectivity index (χ2n) is 2.67. The fourth-order valence-electron chi connectivity index (χ4n) is 1.06. The van der Waals surface area contributed by atoms with Gasteiger partial charge in [0.2, 0.25) is 5.13 Å². The third-order valence-electron chi connectivity index (χ3n) is 1.73. The molecule has 72 valence electrons. The highest BCUT2D eigenvalue weighted by atomic mass is 32.1. The molecule has 6 heteroatoms. The highest BCUT2D eigenvalue weighted by molar-refractivity contribution is 7.80. The van der Waals surface area contributed by atoms with Gasteiger partial charge in [0.05, 0.1) is 10.2 Å². The summed E-state index contributed by atoms with van der Waals surface area (Å²) in [4.78, 5) is 4.29. The number of anilines is 1. The van der Waals surface area contributed by atoms with Crippen LogP contribution in [-0.4, -0.2) is 10.1 Å². The Hall–Kier alpha value is -1.24. The highest BCUT2D eigenvalue weighted by Gasteiger charge is 2.09. The maximum Gasteiger partial charge on any atom is 0.207 e. The van der Waals surface area contributed by atoms with Crippen molar-refractivity contribution in [2.75, 3.05) is 5.01 Å². The van der Waals surface area contributed by atoms with Gasteiger partial charge in [-0.05, 0) is 24.4 Å². The van der Waals surface area contributed by atoms with Gasteiger partial charge in [-0.2, -0.15) is 0 Å². The average Bonchev–Trinajstić information content (AvgIpc) is 2.59. The van der Waals surface area contributed by atoms with Crippen LogP contribution in [0.15, 0.2) is 24.3 Å². The fraction of sp³-hybridized carbons (Fsp3) is 0. The van der Waals surface area contributed by atoms with Gasteiger partial charge in [0.15, 0.2) is 5.11 Å². The van der Waals surface area contributed by atoms with Gasteiger partial charge in [0.25, 0.3) is 0 Å². The lowest BCUT2D eigenvalue weighted by molar-refractivity contribution is 1.12. The van der Waals surface area contributed by atoms with Crippen LogP contribution in [0.4, 0.5) is 5.13 Å². The second kappa shape index (κ2) is 3.49. The molecule has 14 heavy (non-hydrogen) atoms. The molecule has 0 unspecified atom stereocenters. The van der Waals surface area contributed by atoms with Gasteiger partial charge >= 0.3 is 0 Å². The van der Waals surface area contributed by atoms with Crippen molar-refractivity contribution in [3.63, 3.8) is 0 Å². The molecule has 0 radical (unpaired) electrons. The zero-order valence-corrected chi connectivity index (χ0v) is 8.81. The summed E-state index contributed by atoms with van der Waals surface area (Å²) in [7, 11) is 0. The molecule has 1 aromatic heterocycles. The van der Waals surface area contributed by atoms with E-state index in [2.05, 4.69) is 4.98 Å². The number of fused-ring (bicyclic) bond motifs is 1. The summed E-state index contributed by atoms with van der Waals surface area (Å²) in [5.41, 5.74) is 6.29. The predicted molar refractivity (Wildman–Crippen MR) is 63.1 cm³/mol. The summed E-state index contributed by atoms with van der Waals surface area (Å²) < 4.78 is 1.06. The van der Waals surface area contributed by atoms with E-state index in [1.54, 1.807) is 0 Å². The molecule has 0 aliphatic carbocycles. The van der Waals surface area contributed by atoms with E-state index >= 15 is 0 Å². The molecule has 0 aliphatic rings. The first-order valence-corrected chi connectivity index (χ1v) is 5.11. The number of aromatic nitrogens is 1. The first kappa shape index (κ1) is 9.32. The maximum absolute atomic E-state index is 5.62. The van der Waals surface area contributed by atoms with Crippen LogP contribution in [0.25, 0.3) is 10.2 Å². The van der Waals surface area contributed by atoms with E-state index in [1.807, 2.05) is 24.3 Å².